The van der Waals surface area contributed by atoms with Gasteiger partial charge in [0, 0.05) is 11.9 Å². The van der Waals surface area contributed by atoms with Gasteiger partial charge in [0.1, 0.15) is 11.8 Å². The largest absolute Gasteiger partial charge is 0.306 e. The molecule has 0 N–H and O–H groups in total. The van der Waals surface area contributed by atoms with E-state index in [0.717, 1.165) is 11.4 Å². The summed E-state index contributed by atoms with van der Waals surface area (Å²) in [7, 11) is 0. The maximum Gasteiger partial charge on any atom is 0.125 e. The van der Waals surface area contributed by atoms with Crippen molar-refractivity contribution in [3.05, 3.63) is 46.9 Å². The van der Waals surface area contributed by atoms with Crippen molar-refractivity contribution in [2.45, 2.75) is 6.92 Å². The maximum absolute atomic E-state index is 10.4. The van der Waals surface area contributed by atoms with Crippen molar-refractivity contribution < 1.29 is 0 Å². The van der Waals surface area contributed by atoms with Crippen LogP contribution in [0.3, 0.4) is 0 Å². The van der Waals surface area contributed by atoms with Crippen molar-refractivity contribution in [2.24, 2.45) is 5.18 Å². The van der Waals surface area contributed by atoms with Crippen LogP contribution in [0.4, 0.5) is 5.69 Å². The Labute approximate surface area is 91.9 Å². The van der Waals surface area contributed by atoms with Crippen molar-refractivity contribution in [1.29, 1.82) is 5.26 Å². The number of nitroso groups, excluding NO2 is 1. The van der Waals surface area contributed by atoms with E-state index in [1.54, 1.807) is 23.0 Å². The lowest BCUT2D eigenvalue weighted by atomic mass is 10.2. The van der Waals surface area contributed by atoms with E-state index in [0.29, 0.717) is 0 Å². The fraction of sp³-hybridized carbons (Fsp3) is 0.0909. The highest BCUT2D eigenvalue weighted by molar-refractivity contribution is 5.57. The Morgan fingerprint density at radius 2 is 2.31 bits per heavy atom. The highest BCUT2D eigenvalue weighted by atomic mass is 16.3. The summed E-state index contributed by atoms with van der Waals surface area (Å²) in [5.41, 5.74) is 2.09. The van der Waals surface area contributed by atoms with Gasteiger partial charge in [-0.15, -0.1) is 4.91 Å². The van der Waals surface area contributed by atoms with Crippen LogP contribution in [0.25, 0.3) is 5.69 Å². The summed E-state index contributed by atoms with van der Waals surface area (Å²) >= 11 is 0. The van der Waals surface area contributed by atoms with Crippen LogP contribution >= 0.6 is 0 Å². The van der Waals surface area contributed by atoms with Gasteiger partial charge in [-0.1, -0.05) is 0 Å². The van der Waals surface area contributed by atoms with Gasteiger partial charge < -0.3 is 4.57 Å². The monoisotopic (exact) mass is 212 g/mol. The minimum atomic E-state index is 0.156. The summed E-state index contributed by atoms with van der Waals surface area (Å²) in [5.74, 6) is 0. The third kappa shape index (κ3) is 1.68. The van der Waals surface area contributed by atoms with E-state index < -0.39 is 0 Å². The number of imidazole rings is 1. The number of hydrogen-bond acceptors (Lipinski definition) is 4. The lowest BCUT2D eigenvalue weighted by molar-refractivity contribution is 1.05. The molecule has 0 spiro atoms. The molecule has 16 heavy (non-hydrogen) atoms. The Morgan fingerprint density at radius 1 is 1.50 bits per heavy atom. The van der Waals surface area contributed by atoms with Gasteiger partial charge in [-0.25, -0.2) is 4.98 Å². The van der Waals surface area contributed by atoms with E-state index in [2.05, 4.69) is 10.2 Å². The molecular formula is C11H8N4O. The summed E-state index contributed by atoms with van der Waals surface area (Å²) in [6, 6.07) is 6.79. The number of benzene rings is 1. The van der Waals surface area contributed by atoms with Crippen molar-refractivity contribution in [3.63, 3.8) is 0 Å². The summed E-state index contributed by atoms with van der Waals surface area (Å²) in [6.07, 6.45) is 3.49. The highest BCUT2D eigenvalue weighted by Crippen LogP contribution is 2.21. The Morgan fingerprint density at radius 3 is 2.88 bits per heavy atom. The summed E-state index contributed by atoms with van der Waals surface area (Å²) in [4.78, 5) is 14.5. The molecule has 0 fully saturated rings. The van der Waals surface area contributed by atoms with E-state index in [9.17, 15) is 4.91 Å². The molecule has 1 heterocycles. The molecule has 0 aliphatic heterocycles. The fourth-order valence-corrected chi connectivity index (χ4v) is 1.42. The minimum absolute atomic E-state index is 0.156. The second-order valence-electron chi connectivity index (χ2n) is 3.33. The molecule has 1 aromatic heterocycles. The first-order valence-electron chi connectivity index (χ1n) is 4.63. The van der Waals surface area contributed by atoms with Crippen LogP contribution in [0.5, 0.6) is 0 Å². The van der Waals surface area contributed by atoms with Gasteiger partial charge in [0.05, 0.1) is 17.6 Å². The molecular weight excluding hydrogens is 204 g/mol. The van der Waals surface area contributed by atoms with Gasteiger partial charge >= 0.3 is 0 Å². The standard InChI is InChI=1S/C11H8N4O/c1-8-6-15(7-13-8)10-2-3-11(14-16)9(4-10)5-12/h2-4,6-7H,1H3. The predicted molar refractivity (Wildman–Crippen MR) is 58.5 cm³/mol. The Kier molecular flexibility index (Phi) is 2.48. The van der Waals surface area contributed by atoms with Crippen molar-refractivity contribution in [1.82, 2.24) is 9.55 Å². The number of nitriles is 1. The molecule has 0 aliphatic carbocycles. The molecule has 0 atom stereocenters. The maximum atomic E-state index is 10.4. The van der Waals surface area contributed by atoms with Crippen LogP contribution in [0, 0.1) is 23.2 Å². The van der Waals surface area contributed by atoms with Crippen LogP contribution in [-0.2, 0) is 0 Å². The molecule has 78 valence electrons. The van der Waals surface area contributed by atoms with Crippen LogP contribution in [0.1, 0.15) is 11.3 Å². The molecule has 2 rings (SSSR count). The second-order valence-corrected chi connectivity index (χ2v) is 3.33. The Hall–Kier alpha value is -2.48. The molecule has 0 unspecified atom stereocenters. The van der Waals surface area contributed by atoms with Gasteiger partial charge in [-0.05, 0) is 30.3 Å². The molecule has 0 saturated heterocycles. The zero-order valence-corrected chi connectivity index (χ0v) is 8.58. The molecule has 2 aromatic rings. The molecule has 0 radical (unpaired) electrons. The molecule has 0 bridgehead atoms. The average molecular weight is 212 g/mol. The SMILES string of the molecule is Cc1cn(-c2ccc(N=O)c(C#N)c2)cn1. The third-order valence-corrected chi connectivity index (χ3v) is 2.21. The van der Waals surface area contributed by atoms with Gasteiger partial charge in [-0.2, -0.15) is 5.26 Å². The lowest BCUT2D eigenvalue weighted by Gasteiger charge is -2.02. The van der Waals surface area contributed by atoms with E-state index in [4.69, 9.17) is 5.26 Å². The predicted octanol–water partition coefficient (Wildman–Crippen LogP) is 2.45. The number of aromatic nitrogens is 2. The first kappa shape index (κ1) is 10.1. The Bertz CT molecular complexity index is 580. The van der Waals surface area contributed by atoms with Crippen LogP contribution < -0.4 is 0 Å². The summed E-state index contributed by atoms with van der Waals surface area (Å²) in [5, 5.41) is 11.6. The lowest BCUT2D eigenvalue weighted by Crippen LogP contribution is -1.90. The molecule has 1 aromatic carbocycles. The van der Waals surface area contributed by atoms with Crippen molar-refractivity contribution in [3.8, 4) is 11.8 Å². The molecule has 5 heteroatoms. The first-order chi connectivity index (χ1) is 7.74. The van der Waals surface area contributed by atoms with E-state index in [1.165, 1.54) is 6.07 Å². The summed E-state index contributed by atoms with van der Waals surface area (Å²) < 4.78 is 1.78. The third-order valence-electron chi connectivity index (χ3n) is 2.21. The van der Waals surface area contributed by atoms with E-state index in [1.807, 2.05) is 19.2 Å². The second kappa shape index (κ2) is 3.95. The number of rotatable bonds is 2. The van der Waals surface area contributed by atoms with Gasteiger partial charge in [0.2, 0.25) is 0 Å². The van der Waals surface area contributed by atoms with E-state index in [-0.39, 0.29) is 11.3 Å². The molecule has 0 saturated carbocycles. The minimum Gasteiger partial charge on any atom is -0.306 e. The number of aryl methyl sites for hydroxylation is 1. The normalized spacial score (nSPS) is 9.75. The fourth-order valence-electron chi connectivity index (χ4n) is 1.42. The highest BCUT2D eigenvalue weighted by Gasteiger charge is 2.05. The average Bonchev–Trinajstić information content (AvgIpc) is 2.75. The quantitative estimate of drug-likeness (QED) is 0.718. The van der Waals surface area contributed by atoms with Gasteiger partial charge in [0.25, 0.3) is 0 Å². The summed E-state index contributed by atoms with van der Waals surface area (Å²) in [6.45, 7) is 1.88. The molecule has 0 amide bonds. The van der Waals surface area contributed by atoms with Gasteiger partial charge in [0.15, 0.2) is 0 Å². The molecule has 0 aliphatic rings. The number of hydrogen-bond donors (Lipinski definition) is 0. The smallest absolute Gasteiger partial charge is 0.125 e. The van der Waals surface area contributed by atoms with Crippen molar-refractivity contribution >= 4 is 5.69 Å². The zero-order chi connectivity index (χ0) is 11.5. The van der Waals surface area contributed by atoms with Crippen LogP contribution in [-0.4, -0.2) is 9.55 Å². The zero-order valence-electron chi connectivity index (χ0n) is 8.58. The first-order valence-corrected chi connectivity index (χ1v) is 4.63. The topological polar surface area (TPSA) is 71.0 Å². The molecule has 5 nitrogen and oxygen atoms in total. The van der Waals surface area contributed by atoms with Crippen molar-refractivity contribution in [2.75, 3.05) is 0 Å². The van der Waals surface area contributed by atoms with Crippen LogP contribution in [0.15, 0.2) is 35.9 Å². The number of nitrogens with zero attached hydrogens (tertiary/aromatic N) is 4. The van der Waals surface area contributed by atoms with Gasteiger partial charge in [-0.3, -0.25) is 0 Å². The van der Waals surface area contributed by atoms with Crippen LogP contribution in [0.2, 0.25) is 0 Å². The Balaban J connectivity index is 2.52. The van der Waals surface area contributed by atoms with E-state index >= 15 is 0 Å².